The van der Waals surface area contributed by atoms with Gasteiger partial charge in [0.1, 0.15) is 0 Å². The summed E-state index contributed by atoms with van der Waals surface area (Å²) in [6.45, 7) is 3.95. The Bertz CT molecular complexity index is 838. The van der Waals surface area contributed by atoms with E-state index in [0.717, 1.165) is 65.1 Å². The Hall–Kier alpha value is -1.97. The number of anilines is 1. The number of carbonyl (C=O) groups excluding carboxylic acids is 1. The molecule has 4 saturated carbocycles. The fraction of sp³-hybridized carbons (Fsp3) is 0.571. The molecule has 1 N–H and O–H groups in total. The van der Waals surface area contributed by atoms with Crippen molar-refractivity contribution in [3.05, 3.63) is 29.6 Å². The third-order valence-corrected chi connectivity index (χ3v) is 6.85. The van der Waals surface area contributed by atoms with E-state index in [-0.39, 0.29) is 11.3 Å². The summed E-state index contributed by atoms with van der Waals surface area (Å²) in [7, 11) is 0. The molecule has 4 aliphatic rings. The summed E-state index contributed by atoms with van der Waals surface area (Å²) in [6.07, 6.45) is 7.35. The van der Waals surface area contributed by atoms with Gasteiger partial charge in [-0.2, -0.15) is 0 Å². The zero-order valence-corrected chi connectivity index (χ0v) is 15.0. The Morgan fingerprint density at radius 3 is 2.12 bits per heavy atom. The molecule has 4 bridgehead atoms. The Morgan fingerprint density at radius 2 is 1.52 bits per heavy atom. The van der Waals surface area contributed by atoms with Crippen LogP contribution in [0.15, 0.2) is 18.2 Å². The first-order valence-corrected chi connectivity index (χ1v) is 9.57. The third kappa shape index (κ3) is 2.45. The van der Waals surface area contributed by atoms with Gasteiger partial charge in [0.25, 0.3) is 0 Å². The van der Waals surface area contributed by atoms with Crippen LogP contribution in [0, 0.1) is 37.0 Å². The van der Waals surface area contributed by atoms with Crippen molar-refractivity contribution in [3.8, 4) is 0 Å². The summed E-state index contributed by atoms with van der Waals surface area (Å²) in [5.41, 5.74) is 4.38. The van der Waals surface area contributed by atoms with Gasteiger partial charge in [0.15, 0.2) is 0 Å². The predicted molar refractivity (Wildman–Crippen MR) is 98.2 cm³/mol. The van der Waals surface area contributed by atoms with E-state index < -0.39 is 0 Å². The summed E-state index contributed by atoms with van der Waals surface area (Å²) >= 11 is 0. The van der Waals surface area contributed by atoms with Crippen LogP contribution in [0.2, 0.25) is 0 Å². The molecule has 25 heavy (non-hydrogen) atoms. The van der Waals surface area contributed by atoms with Crippen molar-refractivity contribution in [2.75, 3.05) is 5.32 Å². The summed E-state index contributed by atoms with van der Waals surface area (Å²) in [6, 6.07) is 5.89. The zero-order chi connectivity index (χ0) is 17.2. The second-order valence-electron chi connectivity index (χ2n) is 8.75. The lowest BCUT2D eigenvalue weighted by Crippen LogP contribution is -2.51. The maximum atomic E-state index is 13.2. The summed E-state index contributed by atoms with van der Waals surface area (Å²) < 4.78 is 0. The number of benzene rings is 1. The molecule has 4 aliphatic carbocycles. The Balaban J connectivity index is 1.42. The fourth-order valence-electron chi connectivity index (χ4n) is 5.96. The molecule has 1 aromatic heterocycles. The highest BCUT2D eigenvalue weighted by atomic mass is 16.2. The predicted octanol–water partition coefficient (Wildman–Crippen LogP) is 4.40. The maximum Gasteiger partial charge on any atom is 0.230 e. The van der Waals surface area contributed by atoms with E-state index in [2.05, 4.69) is 15.3 Å². The Labute approximate surface area is 148 Å². The zero-order valence-electron chi connectivity index (χ0n) is 15.0. The molecule has 1 heterocycles. The minimum absolute atomic E-state index is 0.113. The number of nitrogens with zero attached hydrogens (tertiary/aromatic N) is 2. The third-order valence-electron chi connectivity index (χ3n) is 6.85. The maximum absolute atomic E-state index is 13.2. The van der Waals surface area contributed by atoms with Crippen molar-refractivity contribution < 1.29 is 4.79 Å². The van der Waals surface area contributed by atoms with Crippen molar-refractivity contribution >= 4 is 22.6 Å². The van der Waals surface area contributed by atoms with Gasteiger partial charge in [-0.25, -0.2) is 9.97 Å². The highest BCUT2D eigenvalue weighted by Crippen LogP contribution is 2.60. The standard InChI is InChI=1S/C21H25N3O/c1-12-13(2)23-19-8-17(3-4-18(19)22-12)24-20(25)21-9-14-5-15(10-21)7-16(6-14)11-21/h3-4,8,14-16H,5-7,9-11H2,1-2H3,(H,24,25). The SMILES string of the molecule is Cc1nc2ccc(NC(=O)C34CC5CC(CC(C5)C3)C4)cc2nc1C. The average molecular weight is 335 g/mol. The number of fused-ring (bicyclic) bond motifs is 1. The summed E-state index contributed by atoms with van der Waals surface area (Å²) in [4.78, 5) is 22.4. The summed E-state index contributed by atoms with van der Waals surface area (Å²) in [5.74, 6) is 2.59. The van der Waals surface area contributed by atoms with Gasteiger partial charge < -0.3 is 5.32 Å². The highest BCUT2D eigenvalue weighted by molar-refractivity contribution is 5.97. The molecule has 6 rings (SSSR count). The van der Waals surface area contributed by atoms with E-state index in [1.54, 1.807) is 0 Å². The van der Waals surface area contributed by atoms with Gasteiger partial charge in [0.2, 0.25) is 5.91 Å². The molecule has 4 nitrogen and oxygen atoms in total. The largest absolute Gasteiger partial charge is 0.326 e. The Kier molecular flexibility index (Phi) is 3.22. The molecule has 0 saturated heterocycles. The molecule has 1 aromatic carbocycles. The second kappa shape index (κ2) is 5.26. The molecule has 0 atom stereocenters. The van der Waals surface area contributed by atoms with E-state index in [1.807, 2.05) is 32.0 Å². The molecule has 130 valence electrons. The van der Waals surface area contributed by atoms with Crippen LogP contribution in [0.5, 0.6) is 0 Å². The lowest BCUT2D eigenvalue weighted by atomic mass is 9.49. The average Bonchev–Trinajstić information content (AvgIpc) is 2.55. The number of carbonyl (C=O) groups is 1. The van der Waals surface area contributed by atoms with Crippen LogP contribution in [-0.4, -0.2) is 15.9 Å². The van der Waals surface area contributed by atoms with Gasteiger partial charge in [-0.15, -0.1) is 0 Å². The van der Waals surface area contributed by atoms with Crippen molar-refractivity contribution in [2.45, 2.75) is 52.4 Å². The van der Waals surface area contributed by atoms with Crippen LogP contribution in [-0.2, 0) is 4.79 Å². The van der Waals surface area contributed by atoms with E-state index in [4.69, 9.17) is 0 Å². The first-order chi connectivity index (χ1) is 12.0. The number of amides is 1. The van der Waals surface area contributed by atoms with Crippen molar-refractivity contribution in [1.29, 1.82) is 0 Å². The molecule has 0 radical (unpaired) electrons. The Morgan fingerprint density at radius 1 is 0.960 bits per heavy atom. The van der Waals surface area contributed by atoms with Crippen LogP contribution >= 0.6 is 0 Å². The lowest BCUT2D eigenvalue weighted by Gasteiger charge is -2.55. The number of aryl methyl sites for hydroxylation is 2. The van der Waals surface area contributed by atoms with E-state index in [0.29, 0.717) is 0 Å². The summed E-state index contributed by atoms with van der Waals surface area (Å²) in [5, 5.41) is 3.22. The molecule has 1 amide bonds. The van der Waals surface area contributed by atoms with E-state index in [1.165, 1.54) is 19.3 Å². The van der Waals surface area contributed by atoms with Gasteiger partial charge in [-0.1, -0.05) is 0 Å². The van der Waals surface area contributed by atoms with Gasteiger partial charge in [0, 0.05) is 5.69 Å². The molecular weight excluding hydrogens is 310 g/mol. The van der Waals surface area contributed by atoms with Crippen LogP contribution in [0.25, 0.3) is 11.0 Å². The molecule has 2 aromatic rings. The molecular formula is C21H25N3O. The van der Waals surface area contributed by atoms with E-state index in [9.17, 15) is 4.79 Å². The topological polar surface area (TPSA) is 54.9 Å². The first kappa shape index (κ1) is 15.3. The molecule has 0 aliphatic heterocycles. The molecule has 4 fully saturated rings. The van der Waals surface area contributed by atoms with Gasteiger partial charge >= 0.3 is 0 Å². The van der Waals surface area contributed by atoms with Crippen LogP contribution < -0.4 is 5.32 Å². The number of rotatable bonds is 2. The minimum atomic E-state index is -0.113. The van der Waals surface area contributed by atoms with Gasteiger partial charge in [-0.05, 0) is 88.3 Å². The number of hydrogen-bond acceptors (Lipinski definition) is 3. The highest BCUT2D eigenvalue weighted by Gasteiger charge is 2.54. The van der Waals surface area contributed by atoms with Crippen LogP contribution in [0.3, 0.4) is 0 Å². The molecule has 0 spiro atoms. The second-order valence-corrected chi connectivity index (χ2v) is 8.75. The normalized spacial score (nSPS) is 33.0. The van der Waals surface area contributed by atoms with Crippen molar-refractivity contribution in [3.63, 3.8) is 0 Å². The first-order valence-electron chi connectivity index (χ1n) is 9.57. The quantitative estimate of drug-likeness (QED) is 0.885. The monoisotopic (exact) mass is 335 g/mol. The van der Waals surface area contributed by atoms with Gasteiger partial charge in [-0.3, -0.25) is 4.79 Å². The van der Waals surface area contributed by atoms with Crippen molar-refractivity contribution in [1.82, 2.24) is 9.97 Å². The van der Waals surface area contributed by atoms with E-state index >= 15 is 0 Å². The smallest absolute Gasteiger partial charge is 0.230 e. The number of nitrogens with one attached hydrogen (secondary N) is 1. The number of aromatic nitrogens is 2. The van der Waals surface area contributed by atoms with Crippen molar-refractivity contribution in [2.24, 2.45) is 23.2 Å². The van der Waals surface area contributed by atoms with Crippen LogP contribution in [0.4, 0.5) is 5.69 Å². The lowest BCUT2D eigenvalue weighted by molar-refractivity contribution is -0.140. The molecule has 4 heteroatoms. The minimum Gasteiger partial charge on any atom is -0.326 e. The fourth-order valence-corrected chi connectivity index (χ4v) is 5.96. The molecule has 0 unspecified atom stereocenters. The number of hydrogen-bond donors (Lipinski definition) is 1. The van der Waals surface area contributed by atoms with Gasteiger partial charge in [0.05, 0.1) is 27.8 Å². The van der Waals surface area contributed by atoms with Crippen LogP contribution in [0.1, 0.15) is 49.9 Å².